The largest absolute Gasteiger partial charge is 0.326 e. The summed E-state index contributed by atoms with van der Waals surface area (Å²) in [6.45, 7) is 4.41. The van der Waals surface area contributed by atoms with E-state index in [2.05, 4.69) is 5.32 Å². The molecule has 3 rings (SSSR count). The minimum Gasteiger partial charge on any atom is -0.326 e. The number of amides is 3. The quantitative estimate of drug-likeness (QED) is 0.544. The maximum absolute atomic E-state index is 12.3. The van der Waals surface area contributed by atoms with Gasteiger partial charge in [0.2, 0.25) is 5.91 Å². The summed E-state index contributed by atoms with van der Waals surface area (Å²) in [5.41, 5.74) is 4.02. The zero-order chi connectivity index (χ0) is 20.1. The summed E-state index contributed by atoms with van der Waals surface area (Å²) in [5, 5.41) is 3.00. The molecule has 3 amide bonds. The zero-order valence-electron chi connectivity index (χ0n) is 16.5. The first-order chi connectivity index (χ1) is 13.5. The van der Waals surface area contributed by atoms with Gasteiger partial charge < -0.3 is 5.32 Å². The number of carbonyl (C=O) groups is 3. The van der Waals surface area contributed by atoms with Crippen molar-refractivity contribution < 1.29 is 14.4 Å². The molecular weight excluding hydrogens is 352 g/mol. The third-order valence-corrected chi connectivity index (χ3v) is 5.16. The molecule has 0 unspecified atom stereocenters. The van der Waals surface area contributed by atoms with Crippen LogP contribution < -0.4 is 5.32 Å². The van der Waals surface area contributed by atoms with Crippen LogP contribution in [0.25, 0.3) is 0 Å². The van der Waals surface area contributed by atoms with Gasteiger partial charge in [-0.25, -0.2) is 0 Å². The topological polar surface area (TPSA) is 66.5 Å². The molecule has 0 aromatic heterocycles. The van der Waals surface area contributed by atoms with Crippen LogP contribution in [0.15, 0.2) is 42.5 Å². The molecule has 2 aromatic rings. The Bertz CT molecular complexity index is 849. The van der Waals surface area contributed by atoms with Crippen LogP contribution in [-0.2, 0) is 4.79 Å². The van der Waals surface area contributed by atoms with Gasteiger partial charge in [0.15, 0.2) is 0 Å². The minimum absolute atomic E-state index is 0.0257. The number of nitrogens with zero attached hydrogens (tertiary/aromatic N) is 1. The summed E-state index contributed by atoms with van der Waals surface area (Å²) in [6.07, 6.45) is 3.79. The Morgan fingerprint density at radius 3 is 2.00 bits per heavy atom. The average Bonchev–Trinajstić information content (AvgIpc) is 2.92. The van der Waals surface area contributed by atoms with Crippen molar-refractivity contribution in [1.82, 2.24) is 4.90 Å². The average molecular weight is 378 g/mol. The van der Waals surface area contributed by atoms with Gasteiger partial charge in [0, 0.05) is 18.7 Å². The summed E-state index contributed by atoms with van der Waals surface area (Å²) in [7, 11) is 0. The molecule has 1 heterocycles. The predicted octanol–water partition coefficient (Wildman–Crippen LogP) is 4.49. The number of aryl methyl sites for hydroxylation is 2. The highest BCUT2D eigenvalue weighted by Gasteiger charge is 2.34. The summed E-state index contributed by atoms with van der Waals surface area (Å²) in [4.78, 5) is 38.1. The number of anilines is 1. The van der Waals surface area contributed by atoms with Crippen LogP contribution in [0, 0.1) is 13.8 Å². The highest BCUT2D eigenvalue weighted by molar-refractivity contribution is 6.21. The lowest BCUT2D eigenvalue weighted by Crippen LogP contribution is -2.30. The van der Waals surface area contributed by atoms with E-state index in [1.54, 1.807) is 24.3 Å². The van der Waals surface area contributed by atoms with Gasteiger partial charge in [-0.3, -0.25) is 19.3 Å². The van der Waals surface area contributed by atoms with E-state index >= 15 is 0 Å². The van der Waals surface area contributed by atoms with E-state index in [1.165, 1.54) is 4.90 Å². The minimum atomic E-state index is -0.200. The van der Waals surface area contributed by atoms with Gasteiger partial charge in [0.05, 0.1) is 11.1 Å². The van der Waals surface area contributed by atoms with Crippen LogP contribution in [0.4, 0.5) is 5.69 Å². The monoisotopic (exact) mass is 378 g/mol. The summed E-state index contributed by atoms with van der Waals surface area (Å²) < 4.78 is 0. The summed E-state index contributed by atoms with van der Waals surface area (Å²) >= 11 is 0. The number of rotatable bonds is 8. The molecule has 0 fully saturated rings. The summed E-state index contributed by atoms with van der Waals surface area (Å²) in [5.74, 6) is -0.375. The molecular formula is C23H26N2O3. The van der Waals surface area contributed by atoms with E-state index in [0.717, 1.165) is 42.5 Å². The molecule has 0 radical (unpaired) electrons. The van der Waals surface area contributed by atoms with Crippen LogP contribution in [0.3, 0.4) is 0 Å². The number of nitrogens with one attached hydrogen (secondary N) is 1. The highest BCUT2D eigenvalue weighted by Crippen LogP contribution is 2.23. The van der Waals surface area contributed by atoms with Crippen LogP contribution >= 0.6 is 0 Å². The van der Waals surface area contributed by atoms with Gasteiger partial charge in [-0.2, -0.15) is 0 Å². The lowest BCUT2D eigenvalue weighted by molar-refractivity contribution is -0.116. The number of hydrogen-bond donors (Lipinski definition) is 1. The Morgan fingerprint density at radius 2 is 1.39 bits per heavy atom. The number of fused-ring (bicyclic) bond motifs is 1. The Hall–Kier alpha value is -2.95. The van der Waals surface area contributed by atoms with Gasteiger partial charge in [0.25, 0.3) is 11.8 Å². The molecule has 5 heteroatoms. The maximum Gasteiger partial charge on any atom is 0.261 e. The maximum atomic E-state index is 12.3. The molecule has 2 aromatic carbocycles. The Labute approximate surface area is 165 Å². The lowest BCUT2D eigenvalue weighted by atomic mass is 10.1. The molecule has 0 spiro atoms. The Kier molecular flexibility index (Phi) is 6.24. The molecule has 0 bridgehead atoms. The SMILES string of the molecule is Cc1cccc(C)c1NC(=O)CCCCCCN1C(=O)c2ccccc2C1=O. The van der Waals surface area contributed by atoms with Crippen molar-refractivity contribution in [2.75, 3.05) is 11.9 Å². The fraction of sp³-hybridized carbons (Fsp3) is 0.348. The van der Waals surface area contributed by atoms with Crippen molar-refractivity contribution >= 4 is 23.4 Å². The van der Waals surface area contributed by atoms with E-state index in [1.807, 2.05) is 32.0 Å². The predicted molar refractivity (Wildman–Crippen MR) is 109 cm³/mol. The third kappa shape index (κ3) is 4.30. The third-order valence-electron chi connectivity index (χ3n) is 5.16. The number of unbranched alkanes of at least 4 members (excludes halogenated alkanes) is 3. The number of carbonyl (C=O) groups excluding carboxylic acids is 3. The molecule has 0 aliphatic carbocycles. The van der Waals surface area contributed by atoms with E-state index in [0.29, 0.717) is 24.1 Å². The van der Waals surface area contributed by atoms with Crippen LogP contribution in [0.5, 0.6) is 0 Å². The molecule has 0 saturated carbocycles. The van der Waals surface area contributed by atoms with Gasteiger partial charge in [0.1, 0.15) is 0 Å². The number of benzene rings is 2. The van der Waals surface area contributed by atoms with Gasteiger partial charge >= 0.3 is 0 Å². The molecule has 1 N–H and O–H groups in total. The van der Waals surface area contributed by atoms with Crippen LogP contribution in [-0.4, -0.2) is 29.2 Å². The second-order valence-electron chi connectivity index (χ2n) is 7.29. The second kappa shape index (κ2) is 8.83. The molecule has 1 aliphatic heterocycles. The number of para-hydroxylation sites is 1. The zero-order valence-corrected chi connectivity index (χ0v) is 16.5. The first kappa shape index (κ1) is 19.8. The van der Waals surface area contributed by atoms with E-state index < -0.39 is 0 Å². The number of imide groups is 1. The summed E-state index contributed by atoms with van der Waals surface area (Å²) in [6, 6.07) is 12.9. The van der Waals surface area contributed by atoms with E-state index in [9.17, 15) is 14.4 Å². The van der Waals surface area contributed by atoms with Gasteiger partial charge in [-0.1, -0.05) is 43.2 Å². The Balaban J connectivity index is 1.36. The lowest BCUT2D eigenvalue weighted by Gasteiger charge is -2.13. The molecule has 1 aliphatic rings. The van der Waals surface area contributed by atoms with Gasteiger partial charge in [-0.15, -0.1) is 0 Å². The highest BCUT2D eigenvalue weighted by atomic mass is 16.2. The van der Waals surface area contributed by atoms with Crippen molar-refractivity contribution in [1.29, 1.82) is 0 Å². The number of hydrogen-bond acceptors (Lipinski definition) is 3. The Morgan fingerprint density at radius 1 is 0.821 bits per heavy atom. The molecule has 28 heavy (non-hydrogen) atoms. The van der Waals surface area contributed by atoms with E-state index in [-0.39, 0.29) is 17.7 Å². The first-order valence-corrected chi connectivity index (χ1v) is 9.80. The normalized spacial score (nSPS) is 13.0. The van der Waals surface area contributed by atoms with Crippen LogP contribution in [0.2, 0.25) is 0 Å². The van der Waals surface area contributed by atoms with Crippen molar-refractivity contribution in [2.24, 2.45) is 0 Å². The first-order valence-electron chi connectivity index (χ1n) is 9.80. The van der Waals surface area contributed by atoms with E-state index in [4.69, 9.17) is 0 Å². The van der Waals surface area contributed by atoms with Crippen molar-refractivity contribution in [2.45, 2.75) is 46.0 Å². The van der Waals surface area contributed by atoms with Gasteiger partial charge in [-0.05, 0) is 49.9 Å². The fourth-order valence-corrected chi connectivity index (χ4v) is 3.56. The molecule has 0 saturated heterocycles. The molecule has 5 nitrogen and oxygen atoms in total. The second-order valence-corrected chi connectivity index (χ2v) is 7.29. The van der Waals surface area contributed by atoms with Crippen molar-refractivity contribution in [3.05, 3.63) is 64.7 Å². The van der Waals surface area contributed by atoms with Crippen molar-refractivity contribution in [3.8, 4) is 0 Å². The smallest absolute Gasteiger partial charge is 0.261 e. The standard InChI is InChI=1S/C23H26N2O3/c1-16-10-9-11-17(2)21(16)24-20(26)14-5-3-4-8-15-25-22(27)18-12-6-7-13-19(18)23(25)28/h6-7,9-13H,3-5,8,14-15H2,1-2H3,(H,24,26). The van der Waals surface area contributed by atoms with Crippen LogP contribution in [0.1, 0.15) is 63.9 Å². The van der Waals surface area contributed by atoms with Crippen molar-refractivity contribution in [3.63, 3.8) is 0 Å². The fourth-order valence-electron chi connectivity index (χ4n) is 3.56. The molecule has 146 valence electrons. The molecule has 0 atom stereocenters.